The molecule has 45 heavy (non-hydrogen) atoms. The summed E-state index contributed by atoms with van der Waals surface area (Å²) >= 11 is 0. The maximum Gasteiger partial charge on any atom is 0.315 e. The van der Waals surface area contributed by atoms with Gasteiger partial charge in [-0.2, -0.15) is 0 Å². The van der Waals surface area contributed by atoms with Gasteiger partial charge in [-0.25, -0.2) is 22.9 Å². The van der Waals surface area contributed by atoms with Gasteiger partial charge in [0.15, 0.2) is 0 Å². The van der Waals surface area contributed by atoms with Gasteiger partial charge in [-0.1, -0.05) is 31.1 Å². The van der Waals surface area contributed by atoms with Crippen LogP contribution in [0.25, 0.3) is 21.8 Å². The molecule has 5 N–H and O–H groups in total. The third-order valence-corrected chi connectivity index (χ3v) is 9.82. The van der Waals surface area contributed by atoms with Crippen molar-refractivity contribution < 1.29 is 17.7 Å². The van der Waals surface area contributed by atoms with Crippen LogP contribution in [0, 0.1) is 12.8 Å². The van der Waals surface area contributed by atoms with E-state index in [9.17, 15) is 13.2 Å². The molecule has 5 aromatic rings. The van der Waals surface area contributed by atoms with E-state index in [1.54, 1.807) is 25.3 Å². The molecule has 2 aliphatic carbocycles. The van der Waals surface area contributed by atoms with Crippen LogP contribution >= 0.6 is 0 Å². The summed E-state index contributed by atoms with van der Waals surface area (Å²) in [5.74, 6) is 1.72. The molecule has 13 heteroatoms. The number of aryl methyl sites for hydroxylation is 1. The number of imidazole rings is 1. The van der Waals surface area contributed by atoms with Crippen LogP contribution in [0.5, 0.6) is 0 Å². The second kappa shape index (κ2) is 11.5. The van der Waals surface area contributed by atoms with Gasteiger partial charge in [0.25, 0.3) is 0 Å². The second-order valence-corrected chi connectivity index (χ2v) is 14.1. The fourth-order valence-corrected chi connectivity index (χ4v) is 7.46. The SMILES string of the molecule is Cc1cc(CNC(=O)N[C@@H]2C[C@@H](Nc3nc4ccccc4[nH]3)c3c2cc(S(=O)(=O)NCC(C)C)c2cc(C4CC4)ncc32)no1. The predicted molar refractivity (Wildman–Crippen MR) is 170 cm³/mol. The van der Waals surface area contributed by atoms with Crippen molar-refractivity contribution in [3.63, 3.8) is 0 Å². The Morgan fingerprint density at radius 3 is 2.67 bits per heavy atom. The first kappa shape index (κ1) is 29.2. The molecule has 0 bridgehead atoms. The molecule has 1 saturated carbocycles. The van der Waals surface area contributed by atoms with Gasteiger partial charge < -0.3 is 25.5 Å². The zero-order valence-corrected chi connectivity index (χ0v) is 26.2. The highest BCUT2D eigenvalue weighted by molar-refractivity contribution is 7.89. The zero-order valence-electron chi connectivity index (χ0n) is 25.3. The lowest BCUT2D eigenvalue weighted by Gasteiger charge is -2.19. The molecule has 7 rings (SSSR count). The normalized spacial score (nSPS) is 18.0. The van der Waals surface area contributed by atoms with Crippen LogP contribution in [-0.2, 0) is 16.6 Å². The quantitative estimate of drug-likeness (QED) is 0.139. The molecule has 0 spiro atoms. The van der Waals surface area contributed by atoms with Gasteiger partial charge in [-0.3, -0.25) is 4.98 Å². The molecule has 0 aliphatic heterocycles. The number of para-hydroxylation sites is 2. The van der Waals surface area contributed by atoms with Crippen molar-refractivity contribution in [3.05, 3.63) is 76.9 Å². The Hall–Kier alpha value is -4.49. The Morgan fingerprint density at radius 1 is 1.11 bits per heavy atom. The maximum absolute atomic E-state index is 13.8. The summed E-state index contributed by atoms with van der Waals surface area (Å²) < 4.78 is 35.6. The third-order valence-electron chi connectivity index (χ3n) is 8.35. The van der Waals surface area contributed by atoms with Crippen LogP contribution in [0.15, 0.2) is 58.1 Å². The van der Waals surface area contributed by atoms with Gasteiger partial charge in [0, 0.05) is 41.2 Å². The molecule has 0 saturated heterocycles. The number of hydrogen-bond acceptors (Lipinski definition) is 8. The van der Waals surface area contributed by atoms with Crippen molar-refractivity contribution in [2.75, 3.05) is 11.9 Å². The van der Waals surface area contributed by atoms with E-state index in [1.807, 2.05) is 44.2 Å². The number of carbonyl (C=O) groups excluding carboxylic acids is 1. The summed E-state index contributed by atoms with van der Waals surface area (Å²) in [6.07, 6.45) is 4.35. The highest BCUT2D eigenvalue weighted by Crippen LogP contribution is 2.47. The van der Waals surface area contributed by atoms with Gasteiger partial charge in [-0.05, 0) is 67.5 Å². The number of benzene rings is 2. The van der Waals surface area contributed by atoms with E-state index in [1.165, 1.54) is 0 Å². The van der Waals surface area contributed by atoms with E-state index in [4.69, 9.17) is 14.5 Å². The lowest BCUT2D eigenvalue weighted by molar-refractivity contribution is 0.236. The molecule has 1 fully saturated rings. The first-order valence-corrected chi connectivity index (χ1v) is 16.8. The molecule has 3 aromatic heterocycles. The van der Waals surface area contributed by atoms with Crippen LogP contribution in [0.2, 0.25) is 0 Å². The van der Waals surface area contributed by atoms with Crippen LogP contribution in [0.4, 0.5) is 10.7 Å². The van der Waals surface area contributed by atoms with Crippen LogP contribution in [0.1, 0.15) is 79.4 Å². The average Bonchev–Trinajstić information content (AvgIpc) is 3.52. The van der Waals surface area contributed by atoms with Crippen molar-refractivity contribution in [2.45, 2.75) is 69.5 Å². The first-order chi connectivity index (χ1) is 21.6. The molecule has 2 amide bonds. The fraction of sp³-hybridized carbons (Fsp3) is 0.375. The largest absolute Gasteiger partial charge is 0.361 e. The maximum atomic E-state index is 13.8. The fourth-order valence-electron chi connectivity index (χ4n) is 6.01. The Kier molecular flexibility index (Phi) is 7.44. The van der Waals surface area contributed by atoms with E-state index in [-0.39, 0.29) is 23.4 Å². The topological polar surface area (TPSA) is 167 Å². The summed E-state index contributed by atoms with van der Waals surface area (Å²) in [6, 6.07) is 12.0. The Labute approximate surface area is 260 Å². The van der Waals surface area contributed by atoms with E-state index < -0.39 is 22.1 Å². The standard InChI is InChI=1S/C32H36N8O4S/c1-17(2)14-35-45(42,43)29-12-22-27(39-32(41)34-15-20-10-18(3)44-40-20)13-28(38-31-36-24-6-4-5-7-25(24)37-31)30(22)23-16-33-26(11-21(23)29)19-8-9-19/h4-7,10-12,16-17,19,27-28,35H,8-9,13-15H2,1-3H3,(H2,34,39,41)(H2,36,37,38)/t27-,28-/m1/s1. The minimum Gasteiger partial charge on any atom is -0.361 e. The molecule has 234 valence electrons. The summed E-state index contributed by atoms with van der Waals surface area (Å²) in [7, 11) is -3.88. The predicted octanol–water partition coefficient (Wildman–Crippen LogP) is 5.32. The number of nitrogens with zero attached hydrogens (tertiary/aromatic N) is 3. The van der Waals surface area contributed by atoms with E-state index in [0.717, 1.165) is 46.1 Å². The van der Waals surface area contributed by atoms with Gasteiger partial charge >= 0.3 is 6.03 Å². The van der Waals surface area contributed by atoms with Crippen molar-refractivity contribution in [1.29, 1.82) is 0 Å². The number of fused-ring (bicyclic) bond motifs is 4. The van der Waals surface area contributed by atoms with Gasteiger partial charge in [-0.15, -0.1) is 0 Å². The smallest absolute Gasteiger partial charge is 0.315 e. The highest BCUT2D eigenvalue weighted by atomic mass is 32.2. The van der Waals surface area contributed by atoms with Gasteiger partial charge in [0.05, 0.1) is 34.6 Å². The average molecular weight is 629 g/mol. The molecular weight excluding hydrogens is 592 g/mol. The number of sulfonamides is 1. The van der Waals surface area contributed by atoms with Crippen LogP contribution in [-0.4, -0.2) is 41.1 Å². The number of hydrogen-bond donors (Lipinski definition) is 5. The lowest BCUT2D eigenvalue weighted by atomic mass is 9.98. The summed E-state index contributed by atoms with van der Waals surface area (Å²) in [5.41, 5.74) is 4.84. The molecule has 12 nitrogen and oxygen atoms in total. The number of carbonyl (C=O) groups is 1. The monoisotopic (exact) mass is 628 g/mol. The number of anilines is 1. The number of rotatable bonds is 10. The van der Waals surface area contributed by atoms with Crippen LogP contribution < -0.4 is 20.7 Å². The van der Waals surface area contributed by atoms with Crippen molar-refractivity contribution in [2.24, 2.45) is 5.92 Å². The Bertz CT molecular complexity index is 1980. The number of aromatic amines is 1. The molecule has 0 unspecified atom stereocenters. The molecule has 0 radical (unpaired) electrons. The zero-order chi connectivity index (χ0) is 31.3. The third kappa shape index (κ3) is 5.97. The Balaban J connectivity index is 1.30. The van der Waals surface area contributed by atoms with Crippen molar-refractivity contribution in [1.82, 2.24) is 35.5 Å². The lowest BCUT2D eigenvalue weighted by Crippen LogP contribution is -2.37. The molecule has 2 aromatic carbocycles. The number of H-pyrrole nitrogens is 1. The number of amides is 2. The Morgan fingerprint density at radius 2 is 1.93 bits per heavy atom. The van der Waals surface area contributed by atoms with E-state index >= 15 is 0 Å². The number of nitrogens with one attached hydrogen (secondary N) is 5. The molecular formula is C32H36N8O4S. The van der Waals surface area contributed by atoms with Crippen molar-refractivity contribution in [3.8, 4) is 0 Å². The van der Waals surface area contributed by atoms with Crippen molar-refractivity contribution >= 4 is 43.8 Å². The summed E-state index contributed by atoms with van der Waals surface area (Å²) in [5, 5.41) is 14.8. The minimum absolute atomic E-state index is 0.133. The van der Waals surface area contributed by atoms with Gasteiger partial charge in [0.1, 0.15) is 11.5 Å². The second-order valence-electron chi connectivity index (χ2n) is 12.4. The van der Waals surface area contributed by atoms with Crippen LogP contribution in [0.3, 0.4) is 0 Å². The molecule has 2 atom stereocenters. The number of aromatic nitrogens is 4. The number of pyridine rings is 1. The van der Waals surface area contributed by atoms with Gasteiger partial charge in [0.2, 0.25) is 16.0 Å². The van der Waals surface area contributed by atoms with E-state index in [2.05, 4.69) is 30.8 Å². The minimum atomic E-state index is -3.88. The molecule has 2 aliphatic rings. The van der Waals surface area contributed by atoms with E-state index in [0.29, 0.717) is 41.7 Å². The summed E-state index contributed by atoms with van der Waals surface area (Å²) in [4.78, 5) is 26.2. The number of urea groups is 1. The highest BCUT2D eigenvalue weighted by Gasteiger charge is 2.37. The first-order valence-electron chi connectivity index (χ1n) is 15.3. The summed E-state index contributed by atoms with van der Waals surface area (Å²) in [6.45, 7) is 6.21. The molecule has 3 heterocycles.